The van der Waals surface area contributed by atoms with Gasteiger partial charge in [-0.05, 0) is 17.2 Å². The number of hydrogen-bond donors (Lipinski definition) is 1. The van der Waals surface area contributed by atoms with Crippen LogP contribution < -0.4 is 4.74 Å². The highest BCUT2D eigenvalue weighted by atomic mass is 32.1. The van der Waals surface area contributed by atoms with E-state index >= 15 is 0 Å². The Labute approximate surface area is 117 Å². The third kappa shape index (κ3) is 4.38. The van der Waals surface area contributed by atoms with E-state index < -0.39 is 10.7 Å². The van der Waals surface area contributed by atoms with Gasteiger partial charge < -0.3 is 4.74 Å². The molecule has 0 N–H and O–H groups in total. The zero-order valence-electron chi connectivity index (χ0n) is 11.2. The normalized spacial score (nSPS) is 13.1. The molecule has 0 aliphatic rings. The minimum Gasteiger partial charge on any atom is -0.486 e. The van der Waals surface area contributed by atoms with Gasteiger partial charge in [-0.15, -0.1) is 0 Å². The van der Waals surface area contributed by atoms with Crippen molar-refractivity contribution in [3.8, 4) is 5.75 Å². The molecule has 0 spiro atoms. The van der Waals surface area contributed by atoms with Gasteiger partial charge in [0.05, 0.1) is 11.5 Å². The number of nitro groups is 1. The van der Waals surface area contributed by atoms with E-state index in [1.54, 1.807) is 0 Å². The second-order valence-electron chi connectivity index (χ2n) is 5.43. The topological polar surface area (TPSA) is 52.4 Å². The van der Waals surface area contributed by atoms with Crippen LogP contribution >= 0.6 is 12.6 Å². The molecule has 19 heavy (non-hydrogen) atoms. The van der Waals surface area contributed by atoms with Gasteiger partial charge in [-0.3, -0.25) is 10.1 Å². The summed E-state index contributed by atoms with van der Waals surface area (Å²) in [5.41, 5.74) is -0.266. The van der Waals surface area contributed by atoms with E-state index in [1.165, 1.54) is 0 Å². The van der Waals surface area contributed by atoms with Crippen molar-refractivity contribution >= 4 is 18.3 Å². The molecular formula is C13H18FNO3S. The molecule has 0 aliphatic carbocycles. The first-order valence-electron chi connectivity index (χ1n) is 5.93. The van der Waals surface area contributed by atoms with Gasteiger partial charge in [-0.25, -0.2) is 4.39 Å². The van der Waals surface area contributed by atoms with E-state index in [9.17, 15) is 14.5 Å². The Balaban J connectivity index is 2.87. The summed E-state index contributed by atoms with van der Waals surface area (Å²) in [6.45, 7) is 6.38. The maximum absolute atomic E-state index is 13.1. The predicted molar refractivity (Wildman–Crippen MR) is 75.3 cm³/mol. The van der Waals surface area contributed by atoms with Crippen LogP contribution in [0.5, 0.6) is 5.75 Å². The van der Waals surface area contributed by atoms with Gasteiger partial charge in [-0.1, -0.05) is 20.8 Å². The van der Waals surface area contributed by atoms with Crippen LogP contribution in [0.25, 0.3) is 0 Å². The van der Waals surface area contributed by atoms with Crippen LogP contribution in [0.2, 0.25) is 0 Å². The Kier molecular flexibility index (Phi) is 5.17. The largest absolute Gasteiger partial charge is 0.486 e. The summed E-state index contributed by atoms with van der Waals surface area (Å²) < 4.78 is 18.6. The van der Waals surface area contributed by atoms with Gasteiger partial charge >= 0.3 is 5.69 Å². The Morgan fingerprint density at radius 1 is 1.47 bits per heavy atom. The van der Waals surface area contributed by atoms with Crippen LogP contribution in [0.4, 0.5) is 10.1 Å². The maximum atomic E-state index is 13.1. The summed E-state index contributed by atoms with van der Waals surface area (Å²) in [7, 11) is 0. The molecule has 0 fully saturated rings. The number of halogens is 1. The molecule has 0 saturated carbocycles. The molecule has 1 atom stereocenters. The Hall–Kier alpha value is -1.30. The second kappa shape index (κ2) is 6.23. The molecule has 0 aliphatic heterocycles. The van der Waals surface area contributed by atoms with Gasteiger partial charge in [0.1, 0.15) is 5.82 Å². The second-order valence-corrected chi connectivity index (χ2v) is 5.79. The molecular weight excluding hydrogens is 269 g/mol. The standard InChI is InChI=1S/C13H18FNO3S/c1-13(2,3)9(8-19)7-18-12-6-10(14)4-5-11(12)15(16)17/h4-6,9,19H,7-8H2,1-3H3. The number of nitro benzene ring substituents is 1. The molecule has 6 heteroatoms. The highest BCUT2D eigenvalue weighted by molar-refractivity contribution is 7.80. The van der Waals surface area contributed by atoms with Crippen LogP contribution in [0.3, 0.4) is 0 Å². The lowest BCUT2D eigenvalue weighted by atomic mass is 9.82. The lowest BCUT2D eigenvalue weighted by Gasteiger charge is -2.29. The fraction of sp³-hybridized carbons (Fsp3) is 0.538. The van der Waals surface area contributed by atoms with E-state index in [-0.39, 0.29) is 29.4 Å². The Bertz CT molecular complexity index is 460. The minimum atomic E-state index is -0.582. The quantitative estimate of drug-likeness (QED) is 0.510. The lowest BCUT2D eigenvalue weighted by Crippen LogP contribution is -2.28. The van der Waals surface area contributed by atoms with Crippen molar-refractivity contribution in [1.29, 1.82) is 0 Å². The van der Waals surface area contributed by atoms with E-state index in [0.717, 1.165) is 18.2 Å². The highest BCUT2D eigenvalue weighted by Gasteiger charge is 2.25. The van der Waals surface area contributed by atoms with Crippen molar-refractivity contribution in [3.63, 3.8) is 0 Å². The van der Waals surface area contributed by atoms with Crippen molar-refractivity contribution in [2.75, 3.05) is 12.4 Å². The van der Waals surface area contributed by atoms with Crippen molar-refractivity contribution in [2.24, 2.45) is 11.3 Å². The number of benzene rings is 1. The third-order valence-corrected chi connectivity index (χ3v) is 3.44. The molecule has 0 amide bonds. The van der Waals surface area contributed by atoms with Crippen LogP contribution in [0, 0.1) is 27.3 Å². The van der Waals surface area contributed by atoms with Gasteiger partial charge in [0.2, 0.25) is 0 Å². The number of nitrogens with zero attached hydrogens (tertiary/aromatic N) is 1. The zero-order valence-corrected chi connectivity index (χ0v) is 12.1. The van der Waals surface area contributed by atoms with Gasteiger partial charge in [0.15, 0.2) is 5.75 Å². The molecule has 1 unspecified atom stereocenters. The number of thiol groups is 1. The lowest BCUT2D eigenvalue weighted by molar-refractivity contribution is -0.386. The first kappa shape index (κ1) is 15.8. The molecule has 0 heterocycles. The number of ether oxygens (including phenoxy) is 1. The summed E-state index contributed by atoms with van der Waals surface area (Å²) in [6.07, 6.45) is 0. The van der Waals surface area contributed by atoms with Crippen molar-refractivity contribution in [1.82, 2.24) is 0 Å². The molecule has 0 aromatic heterocycles. The van der Waals surface area contributed by atoms with Crippen LogP contribution in [0.15, 0.2) is 18.2 Å². The van der Waals surface area contributed by atoms with Crippen molar-refractivity contribution in [3.05, 3.63) is 34.1 Å². The molecule has 106 valence electrons. The molecule has 1 rings (SSSR count). The minimum absolute atomic E-state index is 0.0378. The molecule has 1 aromatic rings. The van der Waals surface area contributed by atoms with Crippen molar-refractivity contribution in [2.45, 2.75) is 20.8 Å². The maximum Gasteiger partial charge on any atom is 0.311 e. The number of hydrogen-bond acceptors (Lipinski definition) is 4. The van der Waals surface area contributed by atoms with E-state index in [4.69, 9.17) is 4.74 Å². The Morgan fingerprint density at radius 2 is 2.11 bits per heavy atom. The summed E-state index contributed by atoms with van der Waals surface area (Å²) >= 11 is 4.25. The average molecular weight is 287 g/mol. The fourth-order valence-electron chi connectivity index (χ4n) is 1.52. The summed E-state index contributed by atoms with van der Waals surface area (Å²) in [5, 5.41) is 10.8. The molecule has 0 saturated heterocycles. The fourth-order valence-corrected chi connectivity index (χ4v) is 2.17. The van der Waals surface area contributed by atoms with Gasteiger partial charge in [0, 0.05) is 18.1 Å². The van der Waals surface area contributed by atoms with Crippen LogP contribution in [0.1, 0.15) is 20.8 Å². The smallest absolute Gasteiger partial charge is 0.311 e. The SMILES string of the molecule is CC(C)(C)C(CS)COc1cc(F)ccc1[N+](=O)[O-]. The van der Waals surface area contributed by atoms with Gasteiger partial charge in [0.25, 0.3) is 0 Å². The monoisotopic (exact) mass is 287 g/mol. The molecule has 0 radical (unpaired) electrons. The molecule has 1 aromatic carbocycles. The summed E-state index contributed by atoms with van der Waals surface area (Å²) in [6, 6.07) is 3.19. The number of rotatable bonds is 5. The van der Waals surface area contributed by atoms with E-state index in [2.05, 4.69) is 12.6 Å². The van der Waals surface area contributed by atoms with Crippen LogP contribution in [-0.4, -0.2) is 17.3 Å². The predicted octanol–water partition coefficient (Wildman–Crippen LogP) is 3.70. The Morgan fingerprint density at radius 3 is 2.58 bits per heavy atom. The van der Waals surface area contributed by atoms with E-state index in [0.29, 0.717) is 5.75 Å². The third-order valence-electron chi connectivity index (χ3n) is 3.00. The van der Waals surface area contributed by atoms with Crippen molar-refractivity contribution < 1.29 is 14.1 Å². The first-order chi connectivity index (χ1) is 8.75. The first-order valence-corrected chi connectivity index (χ1v) is 6.56. The highest BCUT2D eigenvalue weighted by Crippen LogP contribution is 2.31. The van der Waals surface area contributed by atoms with Crippen LogP contribution in [-0.2, 0) is 0 Å². The molecule has 0 bridgehead atoms. The average Bonchev–Trinajstić information content (AvgIpc) is 2.27. The molecule has 4 nitrogen and oxygen atoms in total. The zero-order chi connectivity index (χ0) is 14.6. The summed E-state index contributed by atoms with van der Waals surface area (Å²) in [4.78, 5) is 10.3. The summed E-state index contributed by atoms with van der Waals surface area (Å²) in [5.74, 6) is 0.102. The van der Waals surface area contributed by atoms with E-state index in [1.807, 2.05) is 20.8 Å². The van der Waals surface area contributed by atoms with Gasteiger partial charge in [-0.2, -0.15) is 12.6 Å².